The van der Waals surface area contributed by atoms with Crippen LogP contribution in [0.15, 0.2) is 16.8 Å². The van der Waals surface area contributed by atoms with E-state index in [0.29, 0.717) is 5.56 Å². The highest BCUT2D eigenvalue weighted by Gasteiger charge is 2.07. The highest BCUT2D eigenvalue weighted by atomic mass is 79.9. The molecule has 0 spiro atoms. The lowest BCUT2D eigenvalue weighted by Gasteiger charge is -1.90. The highest BCUT2D eigenvalue weighted by Crippen LogP contribution is 2.16. The lowest BCUT2D eigenvalue weighted by Crippen LogP contribution is -1.95. The summed E-state index contributed by atoms with van der Waals surface area (Å²) < 4.78 is 0. The molecular weight excluding hydrogens is 240 g/mol. The zero-order valence-electron chi connectivity index (χ0n) is 6.16. The van der Waals surface area contributed by atoms with Crippen molar-refractivity contribution in [3.8, 4) is 0 Å². The van der Waals surface area contributed by atoms with E-state index >= 15 is 0 Å². The van der Waals surface area contributed by atoms with Gasteiger partial charge in [-0.2, -0.15) is 11.3 Å². The Bertz CT molecular complexity index is 304. The van der Waals surface area contributed by atoms with Crippen LogP contribution in [0, 0.1) is 0 Å². The Morgan fingerprint density at radius 3 is 3.00 bits per heavy atom. The van der Waals surface area contributed by atoms with Crippen molar-refractivity contribution in [2.45, 2.75) is 0 Å². The first kappa shape index (κ1) is 9.48. The summed E-state index contributed by atoms with van der Waals surface area (Å²) in [6, 6.07) is 0. The van der Waals surface area contributed by atoms with E-state index in [1.165, 1.54) is 11.3 Å². The predicted molar refractivity (Wildman–Crippen MR) is 54.1 cm³/mol. The van der Waals surface area contributed by atoms with E-state index in [1.807, 2.05) is 11.5 Å². The van der Waals surface area contributed by atoms with Gasteiger partial charge in [-0.15, -0.1) is 0 Å². The van der Waals surface area contributed by atoms with Crippen LogP contribution in [0.25, 0.3) is 6.08 Å². The molecule has 0 saturated heterocycles. The van der Waals surface area contributed by atoms with Crippen molar-refractivity contribution in [3.05, 3.63) is 28.0 Å². The van der Waals surface area contributed by atoms with Gasteiger partial charge in [0.05, 0.1) is 5.56 Å². The maximum Gasteiger partial charge on any atom is 0.337 e. The van der Waals surface area contributed by atoms with Gasteiger partial charge in [0.25, 0.3) is 0 Å². The maximum atomic E-state index is 10.6. The smallest absolute Gasteiger partial charge is 0.337 e. The molecule has 0 saturated carbocycles. The third-order valence-corrected chi connectivity index (χ3v) is 2.44. The molecule has 0 unspecified atom stereocenters. The van der Waals surface area contributed by atoms with Gasteiger partial charge in [-0.3, -0.25) is 0 Å². The van der Waals surface area contributed by atoms with Crippen LogP contribution in [0.5, 0.6) is 0 Å². The number of hydrogen-bond donors (Lipinski definition) is 1. The highest BCUT2D eigenvalue weighted by molar-refractivity contribution is 9.09. The Morgan fingerprint density at radius 1 is 1.67 bits per heavy atom. The van der Waals surface area contributed by atoms with Gasteiger partial charge < -0.3 is 5.11 Å². The number of rotatable bonds is 3. The molecule has 1 aromatic heterocycles. The number of carboxylic acid groups (broad SMARTS) is 1. The van der Waals surface area contributed by atoms with E-state index in [2.05, 4.69) is 15.9 Å². The second-order valence-electron chi connectivity index (χ2n) is 2.10. The Kier molecular flexibility index (Phi) is 3.49. The third-order valence-electron chi connectivity index (χ3n) is 1.31. The normalized spacial score (nSPS) is 10.8. The fourth-order valence-corrected chi connectivity index (χ4v) is 1.76. The molecule has 2 nitrogen and oxygen atoms in total. The van der Waals surface area contributed by atoms with E-state index in [0.717, 1.165) is 10.9 Å². The number of carboxylic acids is 1. The minimum Gasteiger partial charge on any atom is -0.478 e. The van der Waals surface area contributed by atoms with Gasteiger partial charge in [0.1, 0.15) is 0 Å². The predicted octanol–water partition coefficient (Wildman–Crippen LogP) is 2.85. The molecule has 0 aliphatic rings. The van der Waals surface area contributed by atoms with E-state index in [4.69, 9.17) is 5.11 Å². The van der Waals surface area contributed by atoms with Crippen LogP contribution in [0.4, 0.5) is 0 Å². The van der Waals surface area contributed by atoms with Crippen LogP contribution in [0.1, 0.15) is 15.9 Å². The molecule has 0 aliphatic carbocycles. The van der Waals surface area contributed by atoms with E-state index in [-0.39, 0.29) is 0 Å². The number of allylic oxidation sites excluding steroid dienone is 1. The quantitative estimate of drug-likeness (QED) is 0.834. The fraction of sp³-hybridized carbons (Fsp3) is 0.125. The molecule has 0 aromatic carbocycles. The molecule has 0 bridgehead atoms. The molecule has 0 aliphatic heterocycles. The molecule has 4 heteroatoms. The number of hydrogen-bond acceptors (Lipinski definition) is 2. The van der Waals surface area contributed by atoms with Gasteiger partial charge in [-0.1, -0.05) is 28.1 Å². The summed E-state index contributed by atoms with van der Waals surface area (Å²) in [6.45, 7) is 0. The van der Waals surface area contributed by atoms with E-state index < -0.39 is 5.97 Å². The van der Waals surface area contributed by atoms with Crippen molar-refractivity contribution in [1.29, 1.82) is 0 Å². The number of alkyl halides is 1. The number of carbonyl (C=O) groups is 1. The second kappa shape index (κ2) is 4.42. The molecule has 64 valence electrons. The molecule has 1 N–H and O–H groups in total. The van der Waals surface area contributed by atoms with Crippen molar-refractivity contribution < 1.29 is 9.90 Å². The maximum absolute atomic E-state index is 10.6. The fourth-order valence-electron chi connectivity index (χ4n) is 0.781. The van der Waals surface area contributed by atoms with Crippen LogP contribution >= 0.6 is 27.3 Å². The van der Waals surface area contributed by atoms with Crippen LogP contribution in [0.2, 0.25) is 0 Å². The van der Waals surface area contributed by atoms with Crippen molar-refractivity contribution in [1.82, 2.24) is 0 Å². The number of thiophene rings is 1. The van der Waals surface area contributed by atoms with Gasteiger partial charge in [0.15, 0.2) is 0 Å². The first-order valence-electron chi connectivity index (χ1n) is 3.27. The Hall–Kier alpha value is -0.610. The molecule has 12 heavy (non-hydrogen) atoms. The zero-order valence-corrected chi connectivity index (χ0v) is 8.56. The van der Waals surface area contributed by atoms with Gasteiger partial charge >= 0.3 is 5.97 Å². The standard InChI is InChI=1S/C8H7BrO2S/c9-3-1-2-6-4-12-5-7(6)8(10)11/h1-2,4-5H,3H2,(H,10,11). The van der Waals surface area contributed by atoms with Crippen LogP contribution in [0.3, 0.4) is 0 Å². The van der Waals surface area contributed by atoms with Gasteiger partial charge in [0, 0.05) is 10.7 Å². The van der Waals surface area contributed by atoms with Gasteiger partial charge in [-0.25, -0.2) is 4.79 Å². The van der Waals surface area contributed by atoms with Crippen LogP contribution in [-0.2, 0) is 0 Å². The summed E-state index contributed by atoms with van der Waals surface area (Å²) in [7, 11) is 0. The largest absolute Gasteiger partial charge is 0.478 e. The Balaban J connectivity index is 2.91. The molecule has 0 radical (unpaired) electrons. The second-order valence-corrected chi connectivity index (χ2v) is 3.49. The first-order valence-corrected chi connectivity index (χ1v) is 5.34. The van der Waals surface area contributed by atoms with Crippen molar-refractivity contribution in [3.63, 3.8) is 0 Å². The van der Waals surface area contributed by atoms with Crippen LogP contribution < -0.4 is 0 Å². The average molecular weight is 247 g/mol. The molecule has 1 heterocycles. The molecule has 0 fully saturated rings. The average Bonchev–Trinajstić information content (AvgIpc) is 2.48. The van der Waals surface area contributed by atoms with Crippen molar-refractivity contribution in [2.75, 3.05) is 5.33 Å². The molecule has 0 amide bonds. The summed E-state index contributed by atoms with van der Waals surface area (Å²) in [4.78, 5) is 10.6. The minimum absolute atomic E-state index is 0.372. The molecule has 1 rings (SSSR count). The van der Waals surface area contributed by atoms with E-state index in [1.54, 1.807) is 11.5 Å². The van der Waals surface area contributed by atoms with Crippen LogP contribution in [-0.4, -0.2) is 16.4 Å². The minimum atomic E-state index is -0.870. The zero-order chi connectivity index (χ0) is 8.97. The summed E-state index contributed by atoms with van der Waals surface area (Å²) in [5.74, 6) is -0.870. The van der Waals surface area contributed by atoms with Gasteiger partial charge in [-0.05, 0) is 10.9 Å². The van der Waals surface area contributed by atoms with E-state index in [9.17, 15) is 4.79 Å². The number of halogens is 1. The lowest BCUT2D eigenvalue weighted by atomic mass is 10.2. The Morgan fingerprint density at radius 2 is 2.42 bits per heavy atom. The molecule has 1 aromatic rings. The summed E-state index contributed by atoms with van der Waals surface area (Å²) in [6.07, 6.45) is 3.67. The van der Waals surface area contributed by atoms with Crippen molar-refractivity contribution in [2.24, 2.45) is 0 Å². The monoisotopic (exact) mass is 246 g/mol. The Labute approximate surface area is 82.7 Å². The lowest BCUT2D eigenvalue weighted by molar-refractivity contribution is 0.0697. The molecule has 0 atom stereocenters. The molecular formula is C8H7BrO2S. The SMILES string of the molecule is O=C(O)c1cscc1C=CCBr. The number of aromatic carboxylic acids is 1. The topological polar surface area (TPSA) is 37.3 Å². The summed E-state index contributed by atoms with van der Waals surface area (Å²) in [5, 5.41) is 12.9. The van der Waals surface area contributed by atoms with Gasteiger partial charge in [0.2, 0.25) is 0 Å². The first-order chi connectivity index (χ1) is 5.75. The summed E-state index contributed by atoms with van der Waals surface area (Å²) >= 11 is 4.62. The summed E-state index contributed by atoms with van der Waals surface area (Å²) in [5.41, 5.74) is 1.14. The third kappa shape index (κ3) is 2.19. The van der Waals surface area contributed by atoms with Crippen molar-refractivity contribution >= 4 is 39.3 Å².